The molecule has 2 fully saturated rings. The zero-order valence-corrected chi connectivity index (χ0v) is 13.7. The summed E-state index contributed by atoms with van der Waals surface area (Å²) in [6.07, 6.45) is 1.53. The molecule has 0 spiro atoms. The molecule has 4 rings (SSSR count). The molecule has 25 heavy (non-hydrogen) atoms. The van der Waals surface area contributed by atoms with Crippen molar-refractivity contribution >= 4 is 11.8 Å². The molecule has 1 aliphatic carbocycles. The maximum Gasteiger partial charge on any atom is 0.273 e. The summed E-state index contributed by atoms with van der Waals surface area (Å²) in [7, 11) is 0. The van der Waals surface area contributed by atoms with Crippen molar-refractivity contribution in [2.75, 3.05) is 19.8 Å². The number of amides is 2. The summed E-state index contributed by atoms with van der Waals surface area (Å²) in [5, 5.41) is 6.81. The van der Waals surface area contributed by atoms with Crippen LogP contribution < -0.4 is 5.32 Å². The SMILES string of the molecule is O=C(NC1CC(N2CCOCC2=O)C1)c1cc(-c2ccccc2)on1. The molecule has 1 aromatic carbocycles. The van der Waals surface area contributed by atoms with Crippen LogP contribution in [0.15, 0.2) is 40.9 Å². The first-order valence-corrected chi connectivity index (χ1v) is 8.41. The van der Waals surface area contributed by atoms with Gasteiger partial charge in [0.1, 0.15) is 6.61 Å². The molecule has 1 N–H and O–H groups in total. The molecule has 2 amide bonds. The summed E-state index contributed by atoms with van der Waals surface area (Å²) in [6.45, 7) is 1.38. The van der Waals surface area contributed by atoms with Gasteiger partial charge in [-0.15, -0.1) is 0 Å². The summed E-state index contributed by atoms with van der Waals surface area (Å²) in [5.41, 5.74) is 1.15. The fourth-order valence-corrected chi connectivity index (χ4v) is 3.26. The number of benzene rings is 1. The van der Waals surface area contributed by atoms with E-state index >= 15 is 0 Å². The lowest BCUT2D eigenvalue weighted by atomic mass is 9.85. The van der Waals surface area contributed by atoms with Crippen LogP contribution in [0.2, 0.25) is 0 Å². The number of rotatable bonds is 4. The second-order valence-corrected chi connectivity index (χ2v) is 6.38. The predicted octanol–water partition coefficient (Wildman–Crippen LogP) is 1.46. The minimum Gasteiger partial charge on any atom is -0.370 e. The fraction of sp³-hybridized carbons (Fsp3) is 0.389. The Kier molecular flexibility index (Phi) is 4.23. The molecule has 2 heterocycles. The Morgan fingerprint density at radius 3 is 2.80 bits per heavy atom. The van der Waals surface area contributed by atoms with Crippen molar-refractivity contribution in [2.45, 2.75) is 24.9 Å². The lowest BCUT2D eigenvalue weighted by Gasteiger charge is -2.44. The van der Waals surface area contributed by atoms with E-state index in [1.54, 1.807) is 6.07 Å². The molecule has 1 aromatic heterocycles. The van der Waals surface area contributed by atoms with E-state index in [-0.39, 0.29) is 36.2 Å². The number of hydrogen-bond acceptors (Lipinski definition) is 5. The number of hydrogen-bond donors (Lipinski definition) is 1. The second kappa shape index (κ2) is 6.68. The maximum absolute atomic E-state index is 12.3. The van der Waals surface area contributed by atoms with Crippen LogP contribution in [-0.2, 0) is 9.53 Å². The topological polar surface area (TPSA) is 84.7 Å². The Labute approximate surface area is 144 Å². The summed E-state index contributed by atoms with van der Waals surface area (Å²) in [4.78, 5) is 26.0. The van der Waals surface area contributed by atoms with Crippen molar-refractivity contribution in [3.8, 4) is 11.3 Å². The third kappa shape index (κ3) is 3.28. The van der Waals surface area contributed by atoms with Crippen LogP contribution in [0.3, 0.4) is 0 Å². The van der Waals surface area contributed by atoms with Gasteiger partial charge in [0.2, 0.25) is 5.91 Å². The fourth-order valence-electron chi connectivity index (χ4n) is 3.26. The molecule has 0 radical (unpaired) electrons. The van der Waals surface area contributed by atoms with Gasteiger partial charge < -0.3 is 19.5 Å². The summed E-state index contributed by atoms with van der Waals surface area (Å²) in [5.74, 6) is 0.351. The van der Waals surface area contributed by atoms with E-state index < -0.39 is 0 Å². The third-order valence-corrected chi connectivity index (χ3v) is 4.71. The maximum atomic E-state index is 12.3. The van der Waals surface area contributed by atoms with Gasteiger partial charge in [-0.1, -0.05) is 35.5 Å². The minimum atomic E-state index is -0.248. The summed E-state index contributed by atoms with van der Waals surface area (Å²) in [6, 6.07) is 11.4. The highest BCUT2D eigenvalue weighted by molar-refractivity contribution is 5.93. The molecule has 1 saturated heterocycles. The first kappa shape index (κ1) is 15.8. The molecule has 0 unspecified atom stereocenters. The number of nitrogens with zero attached hydrogens (tertiary/aromatic N) is 2. The number of carbonyl (C=O) groups excluding carboxylic acids is 2. The molecule has 2 aromatic rings. The smallest absolute Gasteiger partial charge is 0.273 e. The Morgan fingerprint density at radius 2 is 2.04 bits per heavy atom. The predicted molar refractivity (Wildman–Crippen MR) is 88.7 cm³/mol. The van der Waals surface area contributed by atoms with Crippen LogP contribution in [0.25, 0.3) is 11.3 Å². The average Bonchev–Trinajstić information content (AvgIpc) is 3.09. The molecule has 0 atom stereocenters. The van der Waals surface area contributed by atoms with E-state index in [0.717, 1.165) is 18.4 Å². The van der Waals surface area contributed by atoms with E-state index in [1.165, 1.54) is 0 Å². The number of aromatic nitrogens is 1. The van der Waals surface area contributed by atoms with Crippen LogP contribution in [0.5, 0.6) is 0 Å². The summed E-state index contributed by atoms with van der Waals surface area (Å²) < 4.78 is 10.4. The van der Waals surface area contributed by atoms with Crippen LogP contribution in [0, 0.1) is 0 Å². The van der Waals surface area contributed by atoms with E-state index in [0.29, 0.717) is 18.9 Å². The van der Waals surface area contributed by atoms with E-state index in [4.69, 9.17) is 9.26 Å². The van der Waals surface area contributed by atoms with E-state index in [9.17, 15) is 9.59 Å². The largest absolute Gasteiger partial charge is 0.370 e. The van der Waals surface area contributed by atoms with E-state index in [2.05, 4.69) is 10.5 Å². The molecular formula is C18H19N3O4. The highest BCUT2D eigenvalue weighted by atomic mass is 16.5. The van der Waals surface area contributed by atoms with Gasteiger partial charge in [-0.3, -0.25) is 9.59 Å². The first-order chi connectivity index (χ1) is 12.2. The van der Waals surface area contributed by atoms with Crippen molar-refractivity contribution in [2.24, 2.45) is 0 Å². The lowest BCUT2D eigenvalue weighted by molar-refractivity contribution is -0.148. The van der Waals surface area contributed by atoms with Crippen LogP contribution in [0.1, 0.15) is 23.3 Å². The normalized spacial score (nSPS) is 23.2. The third-order valence-electron chi connectivity index (χ3n) is 4.71. The highest BCUT2D eigenvalue weighted by Gasteiger charge is 2.38. The van der Waals surface area contributed by atoms with Crippen LogP contribution >= 0.6 is 0 Å². The number of nitrogens with one attached hydrogen (secondary N) is 1. The van der Waals surface area contributed by atoms with Crippen molar-refractivity contribution < 1.29 is 18.8 Å². The van der Waals surface area contributed by atoms with Crippen LogP contribution in [0.4, 0.5) is 0 Å². The first-order valence-electron chi connectivity index (χ1n) is 8.41. The van der Waals surface area contributed by atoms with Crippen molar-refractivity contribution in [3.05, 3.63) is 42.1 Å². The second-order valence-electron chi connectivity index (χ2n) is 6.38. The summed E-state index contributed by atoms with van der Waals surface area (Å²) >= 11 is 0. The van der Waals surface area contributed by atoms with Gasteiger partial charge in [-0.25, -0.2) is 0 Å². The lowest BCUT2D eigenvalue weighted by Crippen LogP contribution is -2.58. The van der Waals surface area contributed by atoms with Crippen molar-refractivity contribution in [1.29, 1.82) is 0 Å². The van der Waals surface area contributed by atoms with Gasteiger partial charge in [0.25, 0.3) is 5.91 Å². The zero-order valence-electron chi connectivity index (χ0n) is 13.7. The van der Waals surface area contributed by atoms with Crippen LogP contribution in [-0.4, -0.2) is 53.7 Å². The van der Waals surface area contributed by atoms with Gasteiger partial charge in [0.15, 0.2) is 11.5 Å². The van der Waals surface area contributed by atoms with Gasteiger partial charge in [-0.05, 0) is 12.8 Å². The molecule has 7 nitrogen and oxygen atoms in total. The quantitative estimate of drug-likeness (QED) is 0.910. The molecular weight excluding hydrogens is 322 g/mol. The zero-order chi connectivity index (χ0) is 17.2. The van der Waals surface area contributed by atoms with Crippen molar-refractivity contribution in [1.82, 2.24) is 15.4 Å². The minimum absolute atomic E-state index is 0.0324. The Morgan fingerprint density at radius 1 is 1.24 bits per heavy atom. The standard InChI is InChI=1S/C18H19N3O4/c22-17-11-24-7-6-21(17)14-8-13(9-14)19-18(23)15-10-16(25-20-15)12-4-2-1-3-5-12/h1-5,10,13-14H,6-9,11H2,(H,19,23). The molecule has 7 heteroatoms. The number of morpholine rings is 1. The average molecular weight is 341 g/mol. The molecule has 0 bridgehead atoms. The molecule has 2 aliphatic rings. The van der Waals surface area contributed by atoms with Crippen molar-refractivity contribution in [3.63, 3.8) is 0 Å². The van der Waals surface area contributed by atoms with Gasteiger partial charge >= 0.3 is 0 Å². The Bertz CT molecular complexity index is 768. The molecule has 1 saturated carbocycles. The Balaban J connectivity index is 1.32. The van der Waals surface area contributed by atoms with Gasteiger partial charge in [0.05, 0.1) is 6.61 Å². The van der Waals surface area contributed by atoms with E-state index in [1.807, 2.05) is 35.2 Å². The number of carbonyl (C=O) groups is 2. The Hall–Kier alpha value is -2.67. The molecule has 1 aliphatic heterocycles. The highest BCUT2D eigenvalue weighted by Crippen LogP contribution is 2.27. The number of ether oxygens (including phenoxy) is 1. The van der Waals surface area contributed by atoms with Gasteiger partial charge in [-0.2, -0.15) is 0 Å². The monoisotopic (exact) mass is 341 g/mol. The van der Waals surface area contributed by atoms with Gasteiger partial charge in [0, 0.05) is 30.3 Å². The molecule has 130 valence electrons.